The fraction of sp³-hybridized carbons (Fsp3) is 0.385. The van der Waals surface area contributed by atoms with Crippen molar-refractivity contribution in [3.63, 3.8) is 0 Å². The quantitative estimate of drug-likeness (QED) is 0.772. The van der Waals surface area contributed by atoms with Crippen LogP contribution < -0.4 is 10.3 Å². The molecule has 0 aliphatic carbocycles. The van der Waals surface area contributed by atoms with Gasteiger partial charge in [-0.05, 0) is 24.3 Å². The van der Waals surface area contributed by atoms with Gasteiger partial charge in [0.25, 0.3) is 5.91 Å². The molecule has 1 N–H and O–H groups in total. The second-order valence-electron chi connectivity index (χ2n) is 4.61. The van der Waals surface area contributed by atoms with Crippen molar-refractivity contribution in [3.8, 4) is 0 Å². The van der Waals surface area contributed by atoms with E-state index in [1.54, 1.807) is 0 Å². The van der Waals surface area contributed by atoms with E-state index in [0.717, 1.165) is 5.56 Å². The van der Waals surface area contributed by atoms with Crippen LogP contribution in [0, 0.1) is 0 Å². The molecule has 2 rings (SSSR count). The van der Waals surface area contributed by atoms with Gasteiger partial charge in [0.05, 0.1) is 6.42 Å². The molecular weight excluding hydrogens is 214 g/mol. The summed E-state index contributed by atoms with van der Waals surface area (Å²) in [6.07, 6.45) is 2.53. The van der Waals surface area contributed by atoms with Gasteiger partial charge in [-0.2, -0.15) is 0 Å². The smallest absolute Gasteiger partial charge is 0.281 e. The van der Waals surface area contributed by atoms with E-state index >= 15 is 0 Å². The number of rotatable bonds is 2. The minimum absolute atomic E-state index is 0.0821. The van der Waals surface area contributed by atoms with Crippen LogP contribution in [0.15, 0.2) is 24.3 Å². The molecule has 0 spiro atoms. The van der Waals surface area contributed by atoms with Crippen LogP contribution in [0.3, 0.4) is 0 Å². The van der Waals surface area contributed by atoms with Crippen LogP contribution in [0.4, 0.5) is 5.69 Å². The molecule has 4 heteroatoms. The lowest BCUT2D eigenvalue weighted by Crippen LogP contribution is -2.28. The third kappa shape index (κ3) is 2.64. The molecule has 4 nitrogen and oxygen atoms in total. The number of carbonyl (C=O) groups is 1. The lowest BCUT2D eigenvalue weighted by molar-refractivity contribution is -0.585. The second kappa shape index (κ2) is 4.57. The Balaban J connectivity index is 2.18. The molecular formula is C13H18N3O+. The molecule has 0 saturated carbocycles. The van der Waals surface area contributed by atoms with Gasteiger partial charge in [0.1, 0.15) is 0 Å². The number of hydrazone groups is 1. The van der Waals surface area contributed by atoms with E-state index in [1.807, 2.05) is 44.1 Å². The van der Waals surface area contributed by atoms with Crippen molar-refractivity contribution in [2.45, 2.75) is 19.4 Å². The van der Waals surface area contributed by atoms with Gasteiger partial charge < -0.3 is 4.90 Å². The number of hydrogen-bond acceptors (Lipinski definition) is 2. The molecule has 1 unspecified atom stereocenters. The lowest BCUT2D eigenvalue weighted by Gasteiger charge is -2.11. The first-order valence-electron chi connectivity index (χ1n) is 5.76. The summed E-state index contributed by atoms with van der Waals surface area (Å²) in [4.78, 5) is 13.3. The molecule has 0 aromatic heterocycles. The number of carbonyl (C=O) groups excluding carboxylic acids is 1. The Bertz CT molecular complexity index is 448. The van der Waals surface area contributed by atoms with Crippen molar-refractivity contribution in [2.75, 3.05) is 19.0 Å². The van der Waals surface area contributed by atoms with E-state index in [1.165, 1.54) is 5.69 Å². The summed E-state index contributed by atoms with van der Waals surface area (Å²) >= 11 is 0. The summed E-state index contributed by atoms with van der Waals surface area (Å²) < 4.78 is 1.87. The number of amides is 1. The highest BCUT2D eigenvalue weighted by atomic mass is 16.2. The van der Waals surface area contributed by atoms with E-state index in [0.29, 0.717) is 6.42 Å². The fourth-order valence-electron chi connectivity index (χ4n) is 1.85. The monoisotopic (exact) mass is 232 g/mol. The number of anilines is 1. The normalized spacial score (nSPS) is 21.7. The van der Waals surface area contributed by atoms with Crippen molar-refractivity contribution in [3.05, 3.63) is 29.8 Å². The van der Waals surface area contributed by atoms with Crippen LogP contribution in [0.1, 0.15) is 18.9 Å². The maximum atomic E-state index is 11.2. The second-order valence-corrected chi connectivity index (χ2v) is 4.61. The highest BCUT2D eigenvalue weighted by Gasteiger charge is 2.29. The molecule has 1 heterocycles. The van der Waals surface area contributed by atoms with Gasteiger partial charge in [-0.3, -0.25) is 4.79 Å². The van der Waals surface area contributed by atoms with E-state index in [4.69, 9.17) is 0 Å². The first kappa shape index (κ1) is 11.6. The topological polar surface area (TPSA) is 35.4 Å². The van der Waals surface area contributed by atoms with Gasteiger partial charge in [-0.1, -0.05) is 0 Å². The molecule has 17 heavy (non-hydrogen) atoms. The third-order valence-electron chi connectivity index (χ3n) is 2.91. The maximum absolute atomic E-state index is 11.2. The molecule has 1 atom stereocenters. The van der Waals surface area contributed by atoms with E-state index in [2.05, 4.69) is 22.5 Å². The van der Waals surface area contributed by atoms with Gasteiger partial charge in [0.2, 0.25) is 6.21 Å². The van der Waals surface area contributed by atoms with Crippen LogP contribution in [0.25, 0.3) is 0 Å². The van der Waals surface area contributed by atoms with Gasteiger partial charge in [-0.15, -0.1) is 10.1 Å². The van der Waals surface area contributed by atoms with Gasteiger partial charge in [0, 0.05) is 32.3 Å². The standard InChI is InChI=1S/C13H17N3O/c1-10-8-13(17)14-16(10)9-11-4-6-12(7-5-11)15(2)3/h4-7,9-10H,8H2,1-3H3/p+1. The van der Waals surface area contributed by atoms with Crippen molar-refractivity contribution in [1.29, 1.82) is 0 Å². The molecule has 1 saturated heterocycles. The largest absolute Gasteiger partial charge is 0.378 e. The van der Waals surface area contributed by atoms with Gasteiger partial charge in [-0.25, -0.2) is 0 Å². The molecule has 1 aromatic carbocycles. The number of benzene rings is 1. The number of hydrazine groups is 1. The van der Waals surface area contributed by atoms with E-state index in [9.17, 15) is 4.79 Å². The van der Waals surface area contributed by atoms with E-state index in [-0.39, 0.29) is 11.9 Å². The molecule has 1 aliphatic rings. The predicted molar refractivity (Wildman–Crippen MR) is 68.4 cm³/mol. The summed E-state index contributed by atoms with van der Waals surface area (Å²) in [5, 5.41) is 0. The van der Waals surface area contributed by atoms with Gasteiger partial charge >= 0.3 is 0 Å². The van der Waals surface area contributed by atoms with Crippen LogP contribution in [-0.4, -0.2) is 36.9 Å². The van der Waals surface area contributed by atoms with Crippen molar-refractivity contribution < 1.29 is 9.48 Å². The highest BCUT2D eigenvalue weighted by Crippen LogP contribution is 2.11. The predicted octanol–water partition coefficient (Wildman–Crippen LogP) is 1.01. The van der Waals surface area contributed by atoms with Crippen LogP contribution >= 0.6 is 0 Å². The summed E-state index contributed by atoms with van der Waals surface area (Å²) in [7, 11) is 4.03. The van der Waals surface area contributed by atoms with E-state index < -0.39 is 0 Å². The molecule has 1 amide bonds. The Hall–Kier alpha value is -1.84. The first-order valence-corrected chi connectivity index (χ1v) is 5.76. The average Bonchev–Trinajstić information content (AvgIpc) is 2.58. The molecule has 90 valence electrons. The van der Waals surface area contributed by atoms with Crippen molar-refractivity contribution >= 4 is 17.8 Å². The van der Waals surface area contributed by atoms with Crippen molar-refractivity contribution in [1.82, 2.24) is 5.43 Å². The maximum Gasteiger partial charge on any atom is 0.281 e. The Kier molecular flexibility index (Phi) is 3.13. The molecule has 1 aliphatic heterocycles. The molecule has 1 aromatic rings. The van der Waals surface area contributed by atoms with Gasteiger partial charge in [0.15, 0.2) is 6.04 Å². The Morgan fingerprint density at radius 2 is 2.00 bits per heavy atom. The van der Waals surface area contributed by atoms with Crippen LogP contribution in [-0.2, 0) is 4.79 Å². The Labute approximate surface area is 102 Å². The molecule has 1 fully saturated rings. The number of nitrogens with one attached hydrogen (secondary N) is 1. The fourth-order valence-corrected chi connectivity index (χ4v) is 1.85. The highest BCUT2D eigenvalue weighted by molar-refractivity contribution is 5.80. The summed E-state index contributed by atoms with van der Waals surface area (Å²) in [6.45, 7) is 2.03. The summed E-state index contributed by atoms with van der Waals surface area (Å²) in [6, 6.07) is 8.44. The Morgan fingerprint density at radius 1 is 1.35 bits per heavy atom. The van der Waals surface area contributed by atoms with Crippen molar-refractivity contribution in [2.24, 2.45) is 0 Å². The zero-order valence-corrected chi connectivity index (χ0v) is 10.5. The summed E-state index contributed by atoms with van der Waals surface area (Å²) in [5.41, 5.74) is 5.07. The average molecular weight is 232 g/mol. The minimum Gasteiger partial charge on any atom is -0.378 e. The lowest BCUT2D eigenvalue weighted by atomic mass is 10.2. The molecule has 0 radical (unpaired) electrons. The number of hydrogen-bond donors (Lipinski definition) is 1. The first-order chi connectivity index (χ1) is 8.06. The number of nitrogens with zero attached hydrogens (tertiary/aromatic N) is 2. The SMILES string of the molecule is CC1CC(=O)N[N+]1=Cc1ccc(N(C)C)cc1. The molecule has 0 bridgehead atoms. The zero-order valence-electron chi connectivity index (χ0n) is 10.5. The van der Waals surface area contributed by atoms with Crippen LogP contribution in [0.2, 0.25) is 0 Å². The van der Waals surface area contributed by atoms with Crippen LogP contribution in [0.5, 0.6) is 0 Å². The minimum atomic E-state index is 0.0821. The third-order valence-corrected chi connectivity index (χ3v) is 2.91. The zero-order chi connectivity index (χ0) is 12.4. The Morgan fingerprint density at radius 3 is 2.47 bits per heavy atom. The summed E-state index contributed by atoms with van der Waals surface area (Å²) in [5.74, 6) is 0.0821.